The van der Waals surface area contributed by atoms with Crippen molar-refractivity contribution in [3.63, 3.8) is 0 Å². The van der Waals surface area contributed by atoms with Crippen LogP contribution in [0.15, 0.2) is 18.2 Å². The first-order chi connectivity index (χ1) is 8.19. The van der Waals surface area contributed by atoms with E-state index in [9.17, 15) is 4.79 Å². The molecule has 1 heterocycles. The number of nitrogens with zero attached hydrogens (tertiary/aromatic N) is 1. The third kappa shape index (κ3) is 3.56. The molecule has 2 rings (SSSR count). The van der Waals surface area contributed by atoms with Gasteiger partial charge in [0, 0.05) is 17.7 Å². The van der Waals surface area contributed by atoms with Crippen LogP contribution in [0, 0.1) is 0 Å². The normalized spacial score (nSPS) is 15.2. The number of esters is 1. The molecule has 90 valence electrons. The predicted octanol–water partition coefficient (Wildman–Crippen LogP) is 3.19. The summed E-state index contributed by atoms with van der Waals surface area (Å²) in [5.74, 6) is 0.205. The smallest absolute Gasteiger partial charge is 0.330 e. The zero-order chi connectivity index (χ0) is 12.3. The third-order valence-corrected chi connectivity index (χ3v) is 2.72. The fourth-order valence-corrected chi connectivity index (χ4v) is 1.80. The molecule has 1 fully saturated rings. The van der Waals surface area contributed by atoms with Gasteiger partial charge in [-0.1, -0.05) is 11.6 Å². The van der Waals surface area contributed by atoms with Crippen molar-refractivity contribution in [1.82, 2.24) is 4.98 Å². The van der Waals surface area contributed by atoms with Crippen LogP contribution in [-0.2, 0) is 9.53 Å². The van der Waals surface area contributed by atoms with Gasteiger partial charge in [0.05, 0.1) is 6.61 Å². The monoisotopic (exact) mass is 251 g/mol. The van der Waals surface area contributed by atoms with Crippen LogP contribution in [0.1, 0.15) is 36.9 Å². The molecule has 17 heavy (non-hydrogen) atoms. The van der Waals surface area contributed by atoms with E-state index in [0.29, 0.717) is 17.7 Å². The molecule has 3 nitrogen and oxygen atoms in total. The van der Waals surface area contributed by atoms with E-state index >= 15 is 0 Å². The van der Waals surface area contributed by atoms with E-state index in [0.717, 1.165) is 11.3 Å². The first kappa shape index (κ1) is 12.1. The second-order valence-corrected chi connectivity index (χ2v) is 4.39. The number of ether oxygens (including phenoxy) is 1. The van der Waals surface area contributed by atoms with Crippen molar-refractivity contribution in [2.24, 2.45) is 0 Å². The highest BCUT2D eigenvalue weighted by Crippen LogP contribution is 2.39. The van der Waals surface area contributed by atoms with E-state index in [1.54, 1.807) is 19.1 Å². The maximum Gasteiger partial charge on any atom is 0.330 e. The summed E-state index contributed by atoms with van der Waals surface area (Å²) in [6, 6.07) is 3.71. The SMILES string of the molecule is CCOC(=O)C=Cc1cc(Cl)nc(C2CC2)c1. The Morgan fingerprint density at radius 1 is 1.59 bits per heavy atom. The van der Waals surface area contributed by atoms with Crippen LogP contribution in [0.2, 0.25) is 5.15 Å². The highest BCUT2D eigenvalue weighted by molar-refractivity contribution is 6.29. The molecule has 0 bridgehead atoms. The number of hydrogen-bond donors (Lipinski definition) is 0. The summed E-state index contributed by atoms with van der Waals surface area (Å²) in [5.41, 5.74) is 1.90. The molecule has 0 radical (unpaired) electrons. The lowest BCUT2D eigenvalue weighted by Gasteiger charge is -2.01. The number of halogens is 1. The van der Waals surface area contributed by atoms with Gasteiger partial charge in [0.25, 0.3) is 0 Å². The van der Waals surface area contributed by atoms with Gasteiger partial charge in [-0.15, -0.1) is 0 Å². The zero-order valence-electron chi connectivity index (χ0n) is 9.65. The van der Waals surface area contributed by atoms with Gasteiger partial charge in [-0.05, 0) is 43.5 Å². The summed E-state index contributed by atoms with van der Waals surface area (Å²) in [6.07, 6.45) is 5.46. The zero-order valence-corrected chi connectivity index (χ0v) is 10.4. The standard InChI is InChI=1S/C13H14ClNO2/c1-2-17-13(16)6-3-9-7-11(10-4-5-10)15-12(14)8-9/h3,6-8,10H,2,4-5H2,1H3. The molecule has 0 saturated heterocycles. The van der Waals surface area contributed by atoms with E-state index in [-0.39, 0.29) is 5.97 Å². The fraction of sp³-hybridized carbons (Fsp3) is 0.385. The molecule has 0 amide bonds. The van der Waals surface area contributed by atoms with Crippen LogP contribution in [0.4, 0.5) is 0 Å². The number of pyridine rings is 1. The van der Waals surface area contributed by atoms with E-state index in [1.165, 1.54) is 18.9 Å². The van der Waals surface area contributed by atoms with Crippen LogP contribution < -0.4 is 0 Å². The highest BCUT2D eigenvalue weighted by Gasteiger charge is 2.25. The minimum Gasteiger partial charge on any atom is -0.463 e. The van der Waals surface area contributed by atoms with Gasteiger partial charge in [-0.3, -0.25) is 0 Å². The summed E-state index contributed by atoms with van der Waals surface area (Å²) in [7, 11) is 0. The van der Waals surface area contributed by atoms with Gasteiger partial charge in [0.15, 0.2) is 0 Å². The number of rotatable bonds is 4. The Bertz CT molecular complexity index is 453. The first-order valence-corrected chi connectivity index (χ1v) is 6.09. The van der Waals surface area contributed by atoms with E-state index in [4.69, 9.17) is 16.3 Å². The quantitative estimate of drug-likeness (QED) is 0.469. The molecule has 0 N–H and O–H groups in total. The Balaban J connectivity index is 2.12. The topological polar surface area (TPSA) is 39.2 Å². The molecule has 0 unspecified atom stereocenters. The summed E-state index contributed by atoms with van der Waals surface area (Å²) in [5, 5.41) is 0.470. The molecule has 1 aliphatic rings. The van der Waals surface area contributed by atoms with Crippen molar-refractivity contribution in [3.8, 4) is 0 Å². The third-order valence-electron chi connectivity index (χ3n) is 2.53. The van der Waals surface area contributed by atoms with Crippen molar-refractivity contribution in [2.75, 3.05) is 6.61 Å². The lowest BCUT2D eigenvalue weighted by Crippen LogP contribution is -1.98. The Morgan fingerprint density at radius 2 is 2.35 bits per heavy atom. The van der Waals surface area contributed by atoms with Gasteiger partial charge >= 0.3 is 5.97 Å². The van der Waals surface area contributed by atoms with Crippen molar-refractivity contribution in [2.45, 2.75) is 25.7 Å². The molecule has 0 atom stereocenters. The molecule has 1 aromatic rings. The van der Waals surface area contributed by atoms with Crippen molar-refractivity contribution < 1.29 is 9.53 Å². The molecular weight excluding hydrogens is 238 g/mol. The van der Waals surface area contributed by atoms with Crippen LogP contribution in [-0.4, -0.2) is 17.6 Å². The van der Waals surface area contributed by atoms with Gasteiger partial charge in [0.1, 0.15) is 5.15 Å². The number of hydrogen-bond acceptors (Lipinski definition) is 3. The molecule has 0 aromatic carbocycles. The number of carbonyl (C=O) groups excluding carboxylic acids is 1. The fourth-order valence-electron chi connectivity index (χ4n) is 1.58. The summed E-state index contributed by atoms with van der Waals surface area (Å²) in [6.45, 7) is 2.16. The van der Waals surface area contributed by atoms with Gasteiger partial charge in [0.2, 0.25) is 0 Å². The minimum atomic E-state index is -0.339. The summed E-state index contributed by atoms with van der Waals surface area (Å²) in [4.78, 5) is 15.4. The minimum absolute atomic E-state index is 0.339. The first-order valence-electron chi connectivity index (χ1n) is 5.71. The van der Waals surface area contributed by atoms with Crippen LogP contribution in [0.5, 0.6) is 0 Å². The summed E-state index contributed by atoms with van der Waals surface area (Å²) >= 11 is 5.94. The van der Waals surface area contributed by atoms with Gasteiger partial charge in [-0.2, -0.15) is 0 Å². The maximum atomic E-state index is 11.2. The number of carbonyl (C=O) groups is 1. The Kier molecular flexibility index (Phi) is 3.79. The highest BCUT2D eigenvalue weighted by atomic mass is 35.5. The average molecular weight is 252 g/mol. The van der Waals surface area contributed by atoms with Gasteiger partial charge in [-0.25, -0.2) is 9.78 Å². The summed E-state index contributed by atoms with van der Waals surface area (Å²) < 4.78 is 4.81. The van der Waals surface area contributed by atoms with Crippen LogP contribution in [0.25, 0.3) is 6.08 Å². The molecule has 0 spiro atoms. The molecular formula is C13H14ClNO2. The Hall–Kier alpha value is -1.35. The second kappa shape index (κ2) is 5.32. The van der Waals surface area contributed by atoms with Crippen molar-refractivity contribution >= 4 is 23.6 Å². The van der Waals surface area contributed by atoms with E-state index in [2.05, 4.69) is 4.98 Å². The molecule has 1 aliphatic carbocycles. The lowest BCUT2D eigenvalue weighted by atomic mass is 10.1. The predicted molar refractivity (Wildman–Crippen MR) is 66.9 cm³/mol. The van der Waals surface area contributed by atoms with E-state index in [1.807, 2.05) is 6.07 Å². The Labute approximate surface area is 105 Å². The van der Waals surface area contributed by atoms with Gasteiger partial charge < -0.3 is 4.74 Å². The molecule has 1 saturated carbocycles. The largest absolute Gasteiger partial charge is 0.463 e. The number of aromatic nitrogens is 1. The Morgan fingerprint density at radius 3 is 3.00 bits per heavy atom. The van der Waals surface area contributed by atoms with Crippen LogP contribution >= 0.6 is 11.6 Å². The molecule has 0 aliphatic heterocycles. The lowest BCUT2D eigenvalue weighted by molar-refractivity contribution is -0.137. The van der Waals surface area contributed by atoms with Crippen molar-refractivity contribution in [1.29, 1.82) is 0 Å². The van der Waals surface area contributed by atoms with Crippen molar-refractivity contribution in [3.05, 3.63) is 34.6 Å². The second-order valence-electron chi connectivity index (χ2n) is 4.01. The maximum absolute atomic E-state index is 11.2. The van der Waals surface area contributed by atoms with E-state index < -0.39 is 0 Å². The molecule has 1 aromatic heterocycles. The average Bonchev–Trinajstić information content (AvgIpc) is 3.10. The van der Waals surface area contributed by atoms with Crippen LogP contribution in [0.3, 0.4) is 0 Å². The molecule has 4 heteroatoms.